The molecule has 0 bridgehead atoms. The summed E-state index contributed by atoms with van der Waals surface area (Å²) < 4.78 is 16.8. The molecule has 1 rings (SSSR count). The van der Waals surface area contributed by atoms with Crippen molar-refractivity contribution in [3.63, 3.8) is 0 Å². The molecule has 1 heterocycles. The van der Waals surface area contributed by atoms with Crippen molar-refractivity contribution < 1.29 is 14.2 Å². The minimum absolute atomic E-state index is 0.0529. The van der Waals surface area contributed by atoms with Gasteiger partial charge >= 0.3 is 0 Å². The summed E-state index contributed by atoms with van der Waals surface area (Å²) in [5, 5.41) is 0. The summed E-state index contributed by atoms with van der Waals surface area (Å²) in [6.07, 6.45) is 2.77. The minimum Gasteiger partial charge on any atom is -0.381 e. The van der Waals surface area contributed by atoms with Crippen molar-refractivity contribution in [1.29, 1.82) is 0 Å². The molecule has 1 aliphatic rings. The normalized spacial score (nSPS) is 21.9. The van der Waals surface area contributed by atoms with E-state index in [9.17, 15) is 0 Å². The van der Waals surface area contributed by atoms with Crippen LogP contribution in [0.3, 0.4) is 0 Å². The highest BCUT2D eigenvalue weighted by molar-refractivity contribution is 4.93. The Morgan fingerprint density at radius 3 is 2.56 bits per heavy atom. The van der Waals surface area contributed by atoms with Gasteiger partial charge in [-0.05, 0) is 13.3 Å². The van der Waals surface area contributed by atoms with E-state index in [-0.39, 0.29) is 11.6 Å². The zero-order valence-corrected chi connectivity index (χ0v) is 10.5. The molecule has 0 aromatic carbocycles. The molecule has 96 valence electrons. The molecule has 0 aromatic heterocycles. The Balaban J connectivity index is 2.46. The first-order valence-electron chi connectivity index (χ1n) is 6.30. The first-order valence-corrected chi connectivity index (χ1v) is 6.30. The largest absolute Gasteiger partial charge is 0.381 e. The van der Waals surface area contributed by atoms with E-state index < -0.39 is 0 Å². The molecule has 4 nitrogen and oxygen atoms in total. The van der Waals surface area contributed by atoms with Gasteiger partial charge in [0.15, 0.2) is 0 Å². The van der Waals surface area contributed by atoms with Crippen LogP contribution in [0.4, 0.5) is 0 Å². The fourth-order valence-corrected chi connectivity index (χ4v) is 2.13. The van der Waals surface area contributed by atoms with Crippen LogP contribution in [0.1, 0.15) is 33.1 Å². The lowest BCUT2D eigenvalue weighted by atomic mass is 9.86. The summed E-state index contributed by atoms with van der Waals surface area (Å²) in [5.74, 6) is 0. The molecule has 0 aromatic rings. The van der Waals surface area contributed by atoms with Crippen molar-refractivity contribution in [3.05, 3.63) is 0 Å². The van der Waals surface area contributed by atoms with Gasteiger partial charge in [-0.2, -0.15) is 0 Å². The number of rotatable bonds is 7. The molecule has 0 aliphatic carbocycles. The average molecular weight is 231 g/mol. The van der Waals surface area contributed by atoms with Crippen LogP contribution >= 0.6 is 0 Å². The SMILES string of the molecule is CCCOCC(N)C1(OCC)CCOCC1. The van der Waals surface area contributed by atoms with Crippen LogP contribution in [0.15, 0.2) is 0 Å². The van der Waals surface area contributed by atoms with Crippen molar-refractivity contribution in [2.45, 2.75) is 44.8 Å². The second-order valence-electron chi connectivity index (χ2n) is 4.29. The molecule has 1 fully saturated rings. The maximum absolute atomic E-state index is 6.20. The molecular weight excluding hydrogens is 206 g/mol. The number of nitrogens with two attached hydrogens (primary N) is 1. The van der Waals surface area contributed by atoms with Crippen LogP contribution in [0.5, 0.6) is 0 Å². The van der Waals surface area contributed by atoms with Crippen molar-refractivity contribution in [2.24, 2.45) is 5.73 Å². The fraction of sp³-hybridized carbons (Fsp3) is 1.00. The third kappa shape index (κ3) is 3.70. The highest BCUT2D eigenvalue weighted by atomic mass is 16.5. The van der Waals surface area contributed by atoms with Gasteiger partial charge in [0.2, 0.25) is 0 Å². The summed E-state index contributed by atoms with van der Waals surface area (Å²) >= 11 is 0. The second-order valence-corrected chi connectivity index (χ2v) is 4.29. The van der Waals surface area contributed by atoms with Gasteiger partial charge in [0.05, 0.1) is 18.2 Å². The van der Waals surface area contributed by atoms with E-state index >= 15 is 0 Å². The summed E-state index contributed by atoms with van der Waals surface area (Å²) in [5.41, 5.74) is 5.97. The maximum Gasteiger partial charge on any atom is 0.0898 e. The van der Waals surface area contributed by atoms with Crippen LogP contribution < -0.4 is 5.73 Å². The predicted molar refractivity (Wildman–Crippen MR) is 63.5 cm³/mol. The Kier molecular flexibility index (Phi) is 6.28. The fourth-order valence-electron chi connectivity index (χ4n) is 2.13. The van der Waals surface area contributed by atoms with Crippen molar-refractivity contribution >= 4 is 0 Å². The maximum atomic E-state index is 6.20. The van der Waals surface area contributed by atoms with Gasteiger partial charge in [0, 0.05) is 39.3 Å². The highest BCUT2D eigenvalue weighted by Gasteiger charge is 2.39. The van der Waals surface area contributed by atoms with Crippen LogP contribution in [-0.2, 0) is 14.2 Å². The zero-order chi connectivity index (χ0) is 11.9. The molecule has 0 spiro atoms. The lowest BCUT2D eigenvalue weighted by Crippen LogP contribution is -2.55. The molecule has 0 radical (unpaired) electrons. The van der Waals surface area contributed by atoms with Gasteiger partial charge in [0.1, 0.15) is 0 Å². The molecular formula is C12H25NO3. The Morgan fingerprint density at radius 2 is 2.00 bits per heavy atom. The highest BCUT2D eigenvalue weighted by Crippen LogP contribution is 2.28. The lowest BCUT2D eigenvalue weighted by molar-refractivity contribution is -0.130. The number of ether oxygens (including phenoxy) is 3. The standard InChI is InChI=1S/C12H25NO3/c1-3-7-15-10-11(13)12(16-4-2)5-8-14-9-6-12/h11H,3-10,13H2,1-2H3. The smallest absolute Gasteiger partial charge is 0.0898 e. The zero-order valence-electron chi connectivity index (χ0n) is 10.5. The van der Waals surface area contributed by atoms with Gasteiger partial charge in [-0.1, -0.05) is 6.92 Å². The summed E-state index contributed by atoms with van der Waals surface area (Å²) in [4.78, 5) is 0. The summed E-state index contributed by atoms with van der Waals surface area (Å²) in [6, 6.07) is -0.0529. The van der Waals surface area contributed by atoms with Gasteiger partial charge < -0.3 is 19.9 Å². The van der Waals surface area contributed by atoms with E-state index in [2.05, 4.69) is 6.92 Å². The quantitative estimate of drug-likeness (QED) is 0.672. The molecule has 2 N–H and O–H groups in total. The number of hydrogen-bond acceptors (Lipinski definition) is 4. The van der Waals surface area contributed by atoms with Crippen LogP contribution in [-0.4, -0.2) is 44.7 Å². The third-order valence-corrected chi connectivity index (χ3v) is 3.09. The predicted octanol–water partition coefficient (Wildman–Crippen LogP) is 1.33. The van der Waals surface area contributed by atoms with Crippen LogP contribution in [0.25, 0.3) is 0 Å². The van der Waals surface area contributed by atoms with E-state index in [1.807, 2.05) is 6.92 Å². The molecule has 1 aliphatic heterocycles. The van der Waals surface area contributed by atoms with E-state index in [0.717, 1.165) is 39.1 Å². The van der Waals surface area contributed by atoms with E-state index in [1.165, 1.54) is 0 Å². The lowest BCUT2D eigenvalue weighted by Gasteiger charge is -2.41. The van der Waals surface area contributed by atoms with Gasteiger partial charge in [0.25, 0.3) is 0 Å². The van der Waals surface area contributed by atoms with Crippen molar-refractivity contribution in [2.75, 3.05) is 33.0 Å². The van der Waals surface area contributed by atoms with Crippen LogP contribution in [0.2, 0.25) is 0 Å². The van der Waals surface area contributed by atoms with E-state index in [1.54, 1.807) is 0 Å². The van der Waals surface area contributed by atoms with E-state index in [0.29, 0.717) is 13.2 Å². The van der Waals surface area contributed by atoms with Crippen molar-refractivity contribution in [1.82, 2.24) is 0 Å². The van der Waals surface area contributed by atoms with Gasteiger partial charge in [-0.25, -0.2) is 0 Å². The Morgan fingerprint density at radius 1 is 1.31 bits per heavy atom. The monoisotopic (exact) mass is 231 g/mol. The van der Waals surface area contributed by atoms with Crippen molar-refractivity contribution in [3.8, 4) is 0 Å². The molecule has 0 saturated carbocycles. The van der Waals surface area contributed by atoms with Crippen LogP contribution in [0, 0.1) is 0 Å². The Hall–Kier alpha value is -0.160. The number of hydrogen-bond donors (Lipinski definition) is 1. The Bertz CT molecular complexity index is 176. The topological polar surface area (TPSA) is 53.7 Å². The minimum atomic E-state index is -0.235. The van der Waals surface area contributed by atoms with E-state index in [4.69, 9.17) is 19.9 Å². The summed E-state index contributed by atoms with van der Waals surface area (Å²) in [6.45, 7) is 7.62. The van der Waals surface area contributed by atoms with Gasteiger partial charge in [-0.3, -0.25) is 0 Å². The molecule has 1 saturated heterocycles. The average Bonchev–Trinajstić information content (AvgIpc) is 2.31. The molecule has 1 unspecified atom stereocenters. The molecule has 0 amide bonds. The summed E-state index contributed by atoms with van der Waals surface area (Å²) in [7, 11) is 0. The third-order valence-electron chi connectivity index (χ3n) is 3.09. The molecule has 16 heavy (non-hydrogen) atoms. The molecule has 1 atom stereocenters. The first kappa shape index (κ1) is 13.9. The second kappa shape index (κ2) is 7.22. The Labute approximate surface area is 98.4 Å². The molecule has 4 heteroatoms. The van der Waals surface area contributed by atoms with Gasteiger partial charge in [-0.15, -0.1) is 0 Å². The first-order chi connectivity index (χ1) is 7.75.